The Labute approximate surface area is 356 Å². The summed E-state index contributed by atoms with van der Waals surface area (Å²) in [6.45, 7) is 21.1. The molecule has 0 saturated carbocycles. The summed E-state index contributed by atoms with van der Waals surface area (Å²) in [5.41, 5.74) is 6.39. The molecule has 0 bridgehead atoms. The van der Waals surface area contributed by atoms with Crippen molar-refractivity contribution in [2.45, 2.75) is 119 Å². The Hall–Kier alpha value is -5.49. The summed E-state index contributed by atoms with van der Waals surface area (Å²) in [7, 11) is 0. The summed E-state index contributed by atoms with van der Waals surface area (Å²) >= 11 is 6.17. The Bertz CT molecular complexity index is 2540. The summed E-state index contributed by atoms with van der Waals surface area (Å²) in [5, 5.41) is 41.8. The van der Waals surface area contributed by atoms with E-state index < -0.39 is 10.8 Å². The molecule has 0 amide bonds. The van der Waals surface area contributed by atoms with Crippen molar-refractivity contribution in [3.05, 3.63) is 93.5 Å². The molecule has 0 fully saturated rings. The van der Waals surface area contributed by atoms with E-state index >= 15 is 0 Å². The number of hydrogen-bond acceptors (Lipinski definition) is 10. The minimum atomic E-state index is -0.401. The zero-order chi connectivity index (χ0) is 43.7. The van der Waals surface area contributed by atoms with E-state index in [1.54, 1.807) is 30.3 Å². The molecule has 0 radical (unpaired) electrons. The van der Waals surface area contributed by atoms with E-state index in [0.29, 0.717) is 69.0 Å². The van der Waals surface area contributed by atoms with Crippen LogP contribution in [0.3, 0.4) is 0 Å². The van der Waals surface area contributed by atoms with Crippen LogP contribution in [0.5, 0.6) is 11.5 Å². The molecule has 2 aromatic heterocycles. The molecule has 0 spiro atoms. The van der Waals surface area contributed by atoms with Crippen LogP contribution in [0.4, 0.5) is 0 Å². The van der Waals surface area contributed by atoms with Gasteiger partial charge in [-0.25, -0.2) is 0 Å². The lowest BCUT2D eigenvalue weighted by molar-refractivity contribution is -0.145. The number of rotatable bonds is 13. The van der Waals surface area contributed by atoms with E-state index in [4.69, 9.17) is 26.2 Å². The van der Waals surface area contributed by atoms with Crippen LogP contribution in [-0.2, 0) is 49.3 Å². The number of esters is 2. The first-order valence-electron chi connectivity index (χ1n) is 20.5. The minimum Gasteiger partial charge on any atom is -0.505 e. The second kappa shape index (κ2) is 17.2. The SMILES string of the molecule is CC(COC(=O)CCc1cc(-n2nc3ccc(COC(=O)CCc4cc(-n5nc6ccc(Cl)cc6n5)c(O)c(C(C)(C)C)c4)cc3n2)c(O)c(C(C)(C)C)c1)CC(C)(C)C. The van der Waals surface area contributed by atoms with Crippen molar-refractivity contribution in [3.8, 4) is 22.9 Å². The third-order valence-corrected chi connectivity index (χ3v) is 10.5. The lowest BCUT2D eigenvalue weighted by Gasteiger charge is -2.23. The van der Waals surface area contributed by atoms with E-state index in [0.717, 1.165) is 23.1 Å². The molecule has 2 heterocycles. The van der Waals surface area contributed by atoms with Gasteiger partial charge in [-0.05, 0) is 101 Å². The zero-order valence-electron chi connectivity index (χ0n) is 36.4. The Morgan fingerprint density at radius 1 is 0.633 bits per heavy atom. The van der Waals surface area contributed by atoms with Gasteiger partial charge in [0.15, 0.2) is 0 Å². The van der Waals surface area contributed by atoms with Crippen LogP contribution in [0.2, 0.25) is 5.02 Å². The molecule has 1 atom stereocenters. The number of phenols is 2. The Morgan fingerprint density at radius 3 is 1.60 bits per heavy atom. The fourth-order valence-electron chi connectivity index (χ4n) is 7.39. The quantitative estimate of drug-likeness (QED) is 0.107. The van der Waals surface area contributed by atoms with E-state index in [2.05, 4.69) is 43.0 Å². The standard InChI is InChI=1S/C47H57ClN6O6/c1-28(25-45(2,3)4)26-59-41(55)17-12-29-19-33(46(5,6)7)43(57)39(22-29)53-49-35-15-11-31(21-37(35)51-53)27-60-42(56)18-13-30-20-34(47(8,9)10)44(58)40(23-30)54-50-36-16-14-32(48)24-38(36)52-54/h11,14-16,19-24,28,57-58H,12-13,17-18,25-27H2,1-10H3. The Kier molecular flexibility index (Phi) is 12.7. The molecule has 2 N–H and O–H groups in total. The molecule has 6 rings (SSSR count). The largest absolute Gasteiger partial charge is 0.505 e. The summed E-state index contributed by atoms with van der Waals surface area (Å²) < 4.78 is 11.3. The van der Waals surface area contributed by atoms with Gasteiger partial charge in [-0.3, -0.25) is 9.59 Å². The highest BCUT2D eigenvalue weighted by Gasteiger charge is 2.26. The van der Waals surface area contributed by atoms with Crippen molar-refractivity contribution in [2.24, 2.45) is 11.3 Å². The maximum Gasteiger partial charge on any atom is 0.306 e. The number of hydrogen-bond donors (Lipinski definition) is 2. The molecule has 0 aliphatic heterocycles. The number of halogens is 1. The molecule has 0 aliphatic carbocycles. The lowest BCUT2D eigenvalue weighted by atomic mass is 9.84. The number of fused-ring (bicyclic) bond motifs is 2. The van der Waals surface area contributed by atoms with E-state index in [9.17, 15) is 19.8 Å². The van der Waals surface area contributed by atoms with Crippen molar-refractivity contribution >= 4 is 45.6 Å². The molecule has 1 unspecified atom stereocenters. The lowest BCUT2D eigenvalue weighted by Crippen LogP contribution is -2.18. The van der Waals surface area contributed by atoms with E-state index in [1.165, 1.54) is 9.59 Å². The maximum absolute atomic E-state index is 13.1. The van der Waals surface area contributed by atoms with Gasteiger partial charge in [-0.15, -0.1) is 30.0 Å². The molecule has 0 saturated heterocycles. The number of aromatic nitrogens is 6. The number of carbonyl (C=O) groups excluding carboxylic acids is 2. The van der Waals surface area contributed by atoms with Gasteiger partial charge in [0.2, 0.25) is 0 Å². The number of nitrogens with zero attached hydrogens (tertiary/aromatic N) is 6. The Morgan fingerprint density at radius 2 is 1.10 bits per heavy atom. The van der Waals surface area contributed by atoms with Gasteiger partial charge in [0.05, 0.1) is 6.61 Å². The third-order valence-electron chi connectivity index (χ3n) is 10.3. The van der Waals surface area contributed by atoms with Gasteiger partial charge in [-0.1, -0.05) is 99.0 Å². The normalized spacial score (nSPS) is 12.9. The predicted octanol–water partition coefficient (Wildman–Crippen LogP) is 10.0. The van der Waals surface area contributed by atoms with Gasteiger partial charge >= 0.3 is 11.9 Å². The molecule has 0 aliphatic rings. The van der Waals surface area contributed by atoms with Gasteiger partial charge in [-0.2, -0.15) is 0 Å². The summed E-state index contributed by atoms with van der Waals surface area (Å²) in [4.78, 5) is 28.6. The van der Waals surface area contributed by atoms with Crippen LogP contribution < -0.4 is 0 Å². The first kappa shape index (κ1) is 44.1. The summed E-state index contributed by atoms with van der Waals surface area (Å²) in [6.07, 6.45) is 2.07. The summed E-state index contributed by atoms with van der Waals surface area (Å²) in [6, 6.07) is 18.1. The average Bonchev–Trinajstić information content (AvgIpc) is 3.77. The van der Waals surface area contributed by atoms with Crippen LogP contribution in [-0.4, -0.2) is 58.7 Å². The number of aryl methyl sites for hydroxylation is 2. The third kappa shape index (κ3) is 10.8. The maximum atomic E-state index is 13.1. The van der Waals surface area contributed by atoms with Crippen molar-refractivity contribution in [1.82, 2.24) is 30.0 Å². The van der Waals surface area contributed by atoms with Gasteiger partial charge < -0.3 is 19.7 Å². The van der Waals surface area contributed by atoms with Crippen molar-refractivity contribution in [1.29, 1.82) is 0 Å². The average molecular weight is 837 g/mol. The van der Waals surface area contributed by atoms with E-state index in [1.807, 2.05) is 71.9 Å². The van der Waals surface area contributed by atoms with Gasteiger partial charge in [0, 0.05) is 29.0 Å². The monoisotopic (exact) mass is 836 g/mol. The fourth-order valence-corrected chi connectivity index (χ4v) is 7.55. The molecule has 12 nitrogen and oxygen atoms in total. The smallest absolute Gasteiger partial charge is 0.306 e. The van der Waals surface area contributed by atoms with Crippen LogP contribution in [0.15, 0.2) is 60.7 Å². The predicted molar refractivity (Wildman–Crippen MR) is 234 cm³/mol. The molecule has 318 valence electrons. The topological polar surface area (TPSA) is 154 Å². The number of aromatic hydroxyl groups is 2. The first-order chi connectivity index (χ1) is 28.0. The number of benzene rings is 4. The minimum absolute atomic E-state index is 0.0298. The number of carbonyl (C=O) groups is 2. The van der Waals surface area contributed by atoms with Crippen LogP contribution in [0, 0.1) is 11.3 Å². The second-order valence-electron chi connectivity index (χ2n) is 19.2. The van der Waals surface area contributed by atoms with Gasteiger partial charge in [0.25, 0.3) is 0 Å². The molecule has 60 heavy (non-hydrogen) atoms. The van der Waals surface area contributed by atoms with Crippen molar-refractivity contribution in [3.63, 3.8) is 0 Å². The van der Waals surface area contributed by atoms with E-state index in [-0.39, 0.29) is 54.2 Å². The summed E-state index contributed by atoms with van der Waals surface area (Å²) in [5.74, 6) is -0.250. The molecular formula is C47H57ClN6O6. The fraction of sp³-hybridized carbons (Fsp3) is 0.447. The molecule has 13 heteroatoms. The van der Waals surface area contributed by atoms with Gasteiger partial charge in [0.1, 0.15) is 51.5 Å². The van der Waals surface area contributed by atoms with Crippen LogP contribution in [0.25, 0.3) is 33.4 Å². The highest BCUT2D eigenvalue weighted by atomic mass is 35.5. The molecule has 4 aromatic carbocycles. The first-order valence-corrected chi connectivity index (χ1v) is 20.9. The molecule has 6 aromatic rings. The van der Waals surface area contributed by atoms with Crippen molar-refractivity contribution in [2.75, 3.05) is 6.61 Å². The second-order valence-corrected chi connectivity index (χ2v) is 19.6. The van der Waals surface area contributed by atoms with Crippen LogP contribution >= 0.6 is 11.6 Å². The number of phenolic OH excluding ortho intramolecular Hbond substituents is 2. The number of ether oxygens (including phenoxy) is 2. The van der Waals surface area contributed by atoms with Crippen molar-refractivity contribution < 1.29 is 29.3 Å². The highest BCUT2D eigenvalue weighted by molar-refractivity contribution is 6.31. The highest BCUT2D eigenvalue weighted by Crippen LogP contribution is 2.38. The zero-order valence-corrected chi connectivity index (χ0v) is 37.1. The Balaban J connectivity index is 1.13. The van der Waals surface area contributed by atoms with Crippen LogP contribution in [0.1, 0.15) is 116 Å². The molecular weight excluding hydrogens is 780 g/mol.